The van der Waals surface area contributed by atoms with Crippen molar-refractivity contribution in [1.82, 2.24) is 0 Å². The number of hydrogen-bond donors (Lipinski definition) is 0. The van der Waals surface area contributed by atoms with Crippen molar-refractivity contribution in [2.45, 2.75) is 66.7 Å². The monoisotopic (exact) mass is 250 g/mol. The van der Waals surface area contributed by atoms with Crippen molar-refractivity contribution in [3.63, 3.8) is 0 Å². The van der Waals surface area contributed by atoms with E-state index in [9.17, 15) is 4.79 Å². The van der Waals surface area contributed by atoms with Crippen LogP contribution in [0.4, 0.5) is 0 Å². The van der Waals surface area contributed by atoms with Crippen LogP contribution in [0.3, 0.4) is 0 Å². The first-order chi connectivity index (χ1) is 8.51. The van der Waals surface area contributed by atoms with Crippen LogP contribution in [0.1, 0.15) is 66.7 Å². The fourth-order valence-electron chi connectivity index (χ4n) is 2.02. The summed E-state index contributed by atoms with van der Waals surface area (Å²) in [7, 11) is 0. The SMILES string of the molecule is C/C=C\C=C(/C)CCC(CC)CCC(C)C(C)=O. The number of Topliss-reactive ketones (excluding diaryl/α,β-unsaturated/α-hetero) is 1. The maximum Gasteiger partial charge on any atom is 0.132 e. The molecule has 0 saturated heterocycles. The lowest BCUT2D eigenvalue weighted by Gasteiger charge is -2.16. The van der Waals surface area contributed by atoms with Crippen molar-refractivity contribution in [2.24, 2.45) is 11.8 Å². The molecule has 0 fully saturated rings. The molecule has 0 aliphatic heterocycles. The summed E-state index contributed by atoms with van der Waals surface area (Å²) in [5, 5.41) is 0. The molecular formula is C17H30O. The molecule has 0 spiro atoms. The van der Waals surface area contributed by atoms with E-state index in [1.807, 2.05) is 13.8 Å². The third kappa shape index (κ3) is 8.27. The largest absolute Gasteiger partial charge is 0.300 e. The molecule has 0 radical (unpaired) electrons. The van der Waals surface area contributed by atoms with Gasteiger partial charge in [-0.1, -0.05) is 44.1 Å². The zero-order valence-corrected chi connectivity index (χ0v) is 12.8. The predicted molar refractivity (Wildman–Crippen MR) is 80.7 cm³/mol. The second-order valence-electron chi connectivity index (χ2n) is 5.44. The molecular weight excluding hydrogens is 220 g/mol. The Hall–Kier alpha value is -0.850. The van der Waals surface area contributed by atoms with Crippen LogP contribution in [0.25, 0.3) is 0 Å². The molecule has 1 heteroatoms. The second-order valence-corrected chi connectivity index (χ2v) is 5.44. The summed E-state index contributed by atoms with van der Waals surface area (Å²) < 4.78 is 0. The summed E-state index contributed by atoms with van der Waals surface area (Å²) in [6, 6.07) is 0. The highest BCUT2D eigenvalue weighted by Crippen LogP contribution is 2.22. The summed E-state index contributed by atoms with van der Waals surface area (Å²) in [5.74, 6) is 1.33. The lowest BCUT2D eigenvalue weighted by molar-refractivity contribution is -0.120. The predicted octanol–water partition coefficient (Wildman–Crippen LogP) is 5.32. The summed E-state index contributed by atoms with van der Waals surface area (Å²) in [4.78, 5) is 11.2. The van der Waals surface area contributed by atoms with Gasteiger partial charge in [-0.2, -0.15) is 0 Å². The average Bonchev–Trinajstić information content (AvgIpc) is 2.35. The van der Waals surface area contributed by atoms with Crippen molar-refractivity contribution in [3.8, 4) is 0 Å². The van der Waals surface area contributed by atoms with Gasteiger partial charge in [0.25, 0.3) is 0 Å². The van der Waals surface area contributed by atoms with Crippen molar-refractivity contribution in [2.75, 3.05) is 0 Å². The van der Waals surface area contributed by atoms with Gasteiger partial charge in [0.05, 0.1) is 0 Å². The van der Waals surface area contributed by atoms with Gasteiger partial charge in [0.15, 0.2) is 0 Å². The van der Waals surface area contributed by atoms with Gasteiger partial charge in [0, 0.05) is 5.92 Å². The van der Waals surface area contributed by atoms with E-state index in [4.69, 9.17) is 0 Å². The molecule has 18 heavy (non-hydrogen) atoms. The number of rotatable bonds is 9. The first kappa shape index (κ1) is 17.2. The smallest absolute Gasteiger partial charge is 0.132 e. The molecule has 0 aromatic carbocycles. The Bertz CT molecular complexity index is 286. The van der Waals surface area contributed by atoms with E-state index < -0.39 is 0 Å². The van der Waals surface area contributed by atoms with Gasteiger partial charge < -0.3 is 0 Å². The molecule has 0 N–H and O–H groups in total. The fraction of sp³-hybridized carbons (Fsp3) is 0.706. The molecule has 0 aromatic rings. The zero-order valence-electron chi connectivity index (χ0n) is 12.8. The Labute approximate surface area is 113 Å². The highest BCUT2D eigenvalue weighted by atomic mass is 16.1. The van der Waals surface area contributed by atoms with Gasteiger partial charge in [-0.3, -0.25) is 4.79 Å². The van der Waals surface area contributed by atoms with E-state index in [2.05, 4.69) is 32.1 Å². The Balaban J connectivity index is 4.01. The van der Waals surface area contributed by atoms with Crippen LogP contribution in [0.5, 0.6) is 0 Å². The molecule has 0 heterocycles. The quantitative estimate of drug-likeness (QED) is 0.506. The molecule has 0 saturated carbocycles. The molecule has 1 nitrogen and oxygen atoms in total. The second kappa shape index (κ2) is 10.1. The number of allylic oxidation sites excluding steroid dienone is 4. The van der Waals surface area contributed by atoms with Crippen molar-refractivity contribution < 1.29 is 4.79 Å². The van der Waals surface area contributed by atoms with Gasteiger partial charge >= 0.3 is 0 Å². The summed E-state index contributed by atoms with van der Waals surface area (Å²) in [6.45, 7) is 10.3. The van der Waals surface area contributed by atoms with Crippen LogP contribution in [-0.2, 0) is 4.79 Å². The van der Waals surface area contributed by atoms with Crippen LogP contribution in [0.15, 0.2) is 23.8 Å². The van der Waals surface area contributed by atoms with Gasteiger partial charge in [0.1, 0.15) is 5.78 Å². The highest BCUT2D eigenvalue weighted by molar-refractivity contribution is 5.77. The van der Waals surface area contributed by atoms with Crippen LogP contribution in [0.2, 0.25) is 0 Å². The molecule has 0 bridgehead atoms. The van der Waals surface area contributed by atoms with Gasteiger partial charge in [0.2, 0.25) is 0 Å². The fourth-order valence-corrected chi connectivity index (χ4v) is 2.02. The minimum Gasteiger partial charge on any atom is -0.300 e. The van der Waals surface area contributed by atoms with E-state index >= 15 is 0 Å². The summed E-state index contributed by atoms with van der Waals surface area (Å²) in [5.41, 5.74) is 1.45. The van der Waals surface area contributed by atoms with Crippen molar-refractivity contribution >= 4 is 5.78 Å². The molecule has 0 aliphatic carbocycles. The third-order valence-corrected chi connectivity index (χ3v) is 3.80. The lowest BCUT2D eigenvalue weighted by atomic mass is 9.89. The van der Waals surface area contributed by atoms with E-state index in [1.165, 1.54) is 31.3 Å². The maximum absolute atomic E-state index is 11.2. The van der Waals surface area contributed by atoms with Crippen LogP contribution >= 0.6 is 0 Å². The third-order valence-electron chi connectivity index (χ3n) is 3.80. The first-order valence-corrected chi connectivity index (χ1v) is 7.30. The minimum atomic E-state index is 0.235. The zero-order chi connectivity index (χ0) is 14.0. The first-order valence-electron chi connectivity index (χ1n) is 7.30. The summed E-state index contributed by atoms with van der Waals surface area (Å²) >= 11 is 0. The van der Waals surface area contributed by atoms with E-state index in [0.717, 1.165) is 12.3 Å². The maximum atomic E-state index is 11.2. The van der Waals surface area contributed by atoms with E-state index in [-0.39, 0.29) is 5.92 Å². The summed E-state index contributed by atoms with van der Waals surface area (Å²) in [6.07, 6.45) is 12.3. The Morgan fingerprint density at radius 1 is 1.17 bits per heavy atom. The molecule has 0 amide bonds. The minimum absolute atomic E-state index is 0.235. The van der Waals surface area contributed by atoms with Gasteiger partial charge in [-0.15, -0.1) is 0 Å². The molecule has 0 aliphatic rings. The highest BCUT2D eigenvalue weighted by Gasteiger charge is 2.12. The van der Waals surface area contributed by atoms with Crippen LogP contribution in [-0.4, -0.2) is 5.78 Å². The number of ketones is 1. The molecule has 0 aromatic heterocycles. The van der Waals surface area contributed by atoms with Gasteiger partial charge in [-0.25, -0.2) is 0 Å². The number of carbonyl (C=O) groups is 1. The van der Waals surface area contributed by atoms with Crippen molar-refractivity contribution in [3.05, 3.63) is 23.8 Å². The van der Waals surface area contributed by atoms with Crippen LogP contribution < -0.4 is 0 Å². The molecule has 104 valence electrons. The molecule has 0 rings (SSSR count). The van der Waals surface area contributed by atoms with E-state index in [1.54, 1.807) is 6.92 Å². The number of hydrogen-bond acceptors (Lipinski definition) is 1. The normalized spacial score (nSPS) is 15.9. The molecule has 2 atom stereocenters. The molecule has 2 unspecified atom stereocenters. The van der Waals surface area contributed by atoms with E-state index in [0.29, 0.717) is 5.78 Å². The Kier molecular flexibility index (Phi) is 9.63. The van der Waals surface area contributed by atoms with Crippen molar-refractivity contribution in [1.29, 1.82) is 0 Å². The average molecular weight is 250 g/mol. The Morgan fingerprint density at radius 2 is 1.83 bits per heavy atom. The van der Waals surface area contributed by atoms with Gasteiger partial charge in [-0.05, 0) is 52.4 Å². The Morgan fingerprint density at radius 3 is 2.33 bits per heavy atom. The lowest BCUT2D eigenvalue weighted by Crippen LogP contribution is -2.09. The van der Waals surface area contributed by atoms with Crippen LogP contribution in [0, 0.1) is 11.8 Å². The number of carbonyl (C=O) groups excluding carboxylic acids is 1. The topological polar surface area (TPSA) is 17.1 Å². The standard InChI is InChI=1S/C17H30O/c1-6-8-9-14(3)10-12-17(7-2)13-11-15(4)16(5)18/h6,8-9,15,17H,7,10-13H2,1-5H3/b8-6-,14-9+.